The predicted molar refractivity (Wildman–Crippen MR) is 81.8 cm³/mol. The predicted octanol–water partition coefficient (Wildman–Crippen LogP) is 2.26. The van der Waals surface area contributed by atoms with Gasteiger partial charge >= 0.3 is 0 Å². The summed E-state index contributed by atoms with van der Waals surface area (Å²) in [6.07, 6.45) is 3.19. The first-order chi connectivity index (χ1) is 9.77. The van der Waals surface area contributed by atoms with Gasteiger partial charge in [0.2, 0.25) is 5.91 Å². The van der Waals surface area contributed by atoms with Crippen LogP contribution in [-0.2, 0) is 11.3 Å². The molecule has 4 nitrogen and oxygen atoms in total. The monoisotopic (exact) mass is 276 g/mol. The zero-order valence-corrected chi connectivity index (χ0v) is 12.2. The van der Waals surface area contributed by atoms with Crippen molar-refractivity contribution in [2.45, 2.75) is 26.3 Å². The van der Waals surface area contributed by atoms with Crippen molar-refractivity contribution in [1.82, 2.24) is 10.6 Å². The third kappa shape index (κ3) is 6.38. The Hall–Kier alpha value is -1.81. The van der Waals surface area contributed by atoms with Crippen LogP contribution in [0.2, 0.25) is 0 Å². The quantitative estimate of drug-likeness (QED) is 0.509. The smallest absolute Gasteiger partial charge is 0.221 e. The van der Waals surface area contributed by atoms with Crippen molar-refractivity contribution in [3.05, 3.63) is 42.5 Å². The number of amides is 1. The molecule has 0 aromatic heterocycles. The zero-order valence-electron chi connectivity index (χ0n) is 12.2. The molecule has 0 aliphatic carbocycles. The van der Waals surface area contributed by atoms with E-state index in [4.69, 9.17) is 4.74 Å². The maximum Gasteiger partial charge on any atom is 0.221 e. The number of para-hydroxylation sites is 1. The highest BCUT2D eigenvalue weighted by Crippen LogP contribution is 2.17. The van der Waals surface area contributed by atoms with Crippen LogP contribution in [0.3, 0.4) is 0 Å². The summed E-state index contributed by atoms with van der Waals surface area (Å²) in [4.78, 5) is 11.4. The van der Waals surface area contributed by atoms with Crippen molar-refractivity contribution in [2.75, 3.05) is 19.7 Å². The zero-order chi connectivity index (χ0) is 14.6. The molecule has 20 heavy (non-hydrogen) atoms. The van der Waals surface area contributed by atoms with Gasteiger partial charge in [0.15, 0.2) is 0 Å². The van der Waals surface area contributed by atoms with Gasteiger partial charge in [-0.1, -0.05) is 37.8 Å². The highest BCUT2D eigenvalue weighted by Gasteiger charge is 2.03. The van der Waals surface area contributed by atoms with Gasteiger partial charge in [-0.05, 0) is 12.5 Å². The Labute approximate surface area is 121 Å². The van der Waals surface area contributed by atoms with Crippen LogP contribution in [0, 0.1) is 0 Å². The molecule has 0 bridgehead atoms. The Morgan fingerprint density at radius 1 is 1.35 bits per heavy atom. The van der Waals surface area contributed by atoms with E-state index in [2.05, 4.69) is 17.2 Å². The molecular formula is C16H24N2O2. The summed E-state index contributed by atoms with van der Waals surface area (Å²) in [5.41, 5.74) is 1.09. The normalized spacial score (nSPS) is 10.1. The molecule has 0 heterocycles. The lowest BCUT2D eigenvalue weighted by Gasteiger charge is -2.11. The second kappa shape index (κ2) is 10.0. The van der Waals surface area contributed by atoms with Crippen molar-refractivity contribution >= 4 is 5.91 Å². The minimum Gasteiger partial charge on any atom is -0.489 e. The van der Waals surface area contributed by atoms with Gasteiger partial charge in [0, 0.05) is 31.6 Å². The molecule has 0 aliphatic rings. The molecule has 0 saturated carbocycles. The third-order valence-electron chi connectivity index (χ3n) is 2.75. The number of hydrogen-bond donors (Lipinski definition) is 2. The first-order valence-electron chi connectivity index (χ1n) is 7.07. The second-order valence-electron chi connectivity index (χ2n) is 4.48. The molecule has 1 amide bonds. The molecule has 4 heteroatoms. The van der Waals surface area contributed by atoms with Gasteiger partial charge in [-0.2, -0.15) is 0 Å². The summed E-state index contributed by atoms with van der Waals surface area (Å²) in [7, 11) is 0. The molecule has 0 unspecified atom stereocenters. The van der Waals surface area contributed by atoms with E-state index >= 15 is 0 Å². The molecule has 0 spiro atoms. The van der Waals surface area contributed by atoms with E-state index in [1.165, 1.54) is 0 Å². The summed E-state index contributed by atoms with van der Waals surface area (Å²) in [5, 5.41) is 6.11. The second-order valence-corrected chi connectivity index (χ2v) is 4.48. The molecule has 2 N–H and O–H groups in total. The third-order valence-corrected chi connectivity index (χ3v) is 2.75. The molecule has 0 radical (unpaired) electrons. The van der Waals surface area contributed by atoms with E-state index in [-0.39, 0.29) is 5.91 Å². The van der Waals surface area contributed by atoms with Gasteiger partial charge < -0.3 is 15.4 Å². The Kier molecular flexibility index (Phi) is 8.15. The first-order valence-corrected chi connectivity index (χ1v) is 7.07. The first kappa shape index (κ1) is 16.2. The summed E-state index contributed by atoms with van der Waals surface area (Å²) in [6.45, 7) is 8.27. The van der Waals surface area contributed by atoms with E-state index in [0.29, 0.717) is 26.1 Å². The fraction of sp³-hybridized carbons (Fsp3) is 0.438. The van der Waals surface area contributed by atoms with Crippen LogP contribution >= 0.6 is 0 Å². The average molecular weight is 276 g/mol. The Bertz CT molecular complexity index is 419. The van der Waals surface area contributed by atoms with Gasteiger partial charge in [-0.3, -0.25) is 4.79 Å². The number of rotatable bonds is 10. The lowest BCUT2D eigenvalue weighted by Crippen LogP contribution is -2.28. The summed E-state index contributed by atoms with van der Waals surface area (Å²) < 4.78 is 5.58. The van der Waals surface area contributed by atoms with Gasteiger partial charge in [0.05, 0.1) is 0 Å². The number of carbonyl (C=O) groups excluding carboxylic acids is 1. The number of hydrogen-bond acceptors (Lipinski definition) is 3. The topological polar surface area (TPSA) is 50.4 Å². The van der Waals surface area contributed by atoms with Gasteiger partial charge in [0.1, 0.15) is 12.4 Å². The van der Waals surface area contributed by atoms with Gasteiger partial charge in [-0.15, -0.1) is 0 Å². The number of nitrogens with one attached hydrogen (secondary N) is 2. The van der Waals surface area contributed by atoms with Crippen molar-refractivity contribution in [1.29, 1.82) is 0 Å². The fourth-order valence-corrected chi connectivity index (χ4v) is 1.72. The standard InChI is InChI=1S/C16H24N2O2/c1-3-10-18-16(19)9-11-17-13-14-7-5-6-8-15(14)20-12-4-2/h4-8,17H,2-3,9-13H2,1H3,(H,18,19). The van der Waals surface area contributed by atoms with Crippen LogP contribution in [0.4, 0.5) is 0 Å². The van der Waals surface area contributed by atoms with E-state index < -0.39 is 0 Å². The SMILES string of the molecule is C=CCOc1ccccc1CNCCC(=O)NCCC. The van der Waals surface area contributed by atoms with E-state index in [0.717, 1.165) is 24.3 Å². The van der Waals surface area contributed by atoms with E-state index in [9.17, 15) is 4.79 Å². The maximum atomic E-state index is 11.4. The number of benzene rings is 1. The number of carbonyl (C=O) groups is 1. The van der Waals surface area contributed by atoms with Crippen LogP contribution in [0.1, 0.15) is 25.3 Å². The van der Waals surface area contributed by atoms with Crippen molar-refractivity contribution < 1.29 is 9.53 Å². The number of ether oxygens (including phenoxy) is 1. The summed E-state index contributed by atoms with van der Waals surface area (Å²) >= 11 is 0. The van der Waals surface area contributed by atoms with Crippen LogP contribution < -0.4 is 15.4 Å². The average Bonchev–Trinajstić information content (AvgIpc) is 2.48. The van der Waals surface area contributed by atoms with Crippen LogP contribution in [0.25, 0.3) is 0 Å². The van der Waals surface area contributed by atoms with E-state index in [1.807, 2.05) is 31.2 Å². The lowest BCUT2D eigenvalue weighted by molar-refractivity contribution is -0.120. The molecule has 0 fully saturated rings. The fourth-order valence-electron chi connectivity index (χ4n) is 1.72. The van der Waals surface area contributed by atoms with Gasteiger partial charge in [0.25, 0.3) is 0 Å². The molecule has 0 aliphatic heterocycles. The van der Waals surface area contributed by atoms with Crippen LogP contribution in [0.15, 0.2) is 36.9 Å². The molecule has 1 aromatic carbocycles. The van der Waals surface area contributed by atoms with Crippen molar-refractivity contribution in [3.8, 4) is 5.75 Å². The van der Waals surface area contributed by atoms with E-state index in [1.54, 1.807) is 6.08 Å². The minimum absolute atomic E-state index is 0.0931. The Balaban J connectivity index is 2.31. The van der Waals surface area contributed by atoms with Crippen molar-refractivity contribution in [2.24, 2.45) is 0 Å². The van der Waals surface area contributed by atoms with Gasteiger partial charge in [-0.25, -0.2) is 0 Å². The molecule has 110 valence electrons. The maximum absolute atomic E-state index is 11.4. The summed E-state index contributed by atoms with van der Waals surface area (Å²) in [6, 6.07) is 7.88. The van der Waals surface area contributed by atoms with Crippen LogP contribution in [-0.4, -0.2) is 25.6 Å². The summed E-state index contributed by atoms with van der Waals surface area (Å²) in [5.74, 6) is 0.950. The Morgan fingerprint density at radius 3 is 2.90 bits per heavy atom. The molecule has 0 atom stereocenters. The molecule has 1 aromatic rings. The molecule has 1 rings (SSSR count). The molecule has 0 saturated heterocycles. The highest BCUT2D eigenvalue weighted by atomic mass is 16.5. The minimum atomic E-state index is 0.0931. The largest absolute Gasteiger partial charge is 0.489 e. The van der Waals surface area contributed by atoms with Crippen molar-refractivity contribution in [3.63, 3.8) is 0 Å². The Morgan fingerprint density at radius 2 is 2.15 bits per heavy atom. The molecular weight excluding hydrogens is 252 g/mol. The lowest BCUT2D eigenvalue weighted by atomic mass is 10.2. The van der Waals surface area contributed by atoms with Crippen LogP contribution in [0.5, 0.6) is 5.75 Å². The highest BCUT2D eigenvalue weighted by molar-refractivity contribution is 5.75.